The topological polar surface area (TPSA) is 81.5 Å². The van der Waals surface area contributed by atoms with Gasteiger partial charge in [0.1, 0.15) is 4.90 Å². The monoisotopic (exact) mass is 467 g/mol. The second kappa shape index (κ2) is 10.8. The van der Waals surface area contributed by atoms with Crippen LogP contribution in [0.3, 0.4) is 0 Å². The molecule has 9 heteroatoms. The van der Waals surface area contributed by atoms with Gasteiger partial charge in [-0.1, -0.05) is 41.4 Å². The van der Waals surface area contributed by atoms with Crippen molar-refractivity contribution >= 4 is 39.1 Å². The molecule has 0 N–H and O–H groups in total. The second-order valence-electron chi connectivity index (χ2n) is 6.86. The first kappa shape index (κ1) is 24.2. The highest BCUT2D eigenvalue weighted by atomic mass is 35.5. The molecule has 2 rings (SSSR count). The number of benzene rings is 2. The molecule has 0 fully saturated rings. The Morgan fingerprint density at radius 3 is 2.37 bits per heavy atom. The molecule has 0 aliphatic rings. The summed E-state index contributed by atoms with van der Waals surface area (Å²) >= 11 is 12.0. The molecule has 0 atom stereocenters. The molecule has 0 aliphatic carbocycles. The van der Waals surface area contributed by atoms with Crippen molar-refractivity contribution in [3.8, 4) is 6.07 Å². The van der Waals surface area contributed by atoms with Crippen LogP contribution in [0, 0.1) is 11.3 Å². The standard InChI is InChI=1S/C21H23Cl2N3O3S/c1-25(14-12-16-8-10-17(15-24)11-9-16)20(27)7-4-13-26(2)30(28,29)19-6-3-5-18(22)21(19)23/h3,5-6,8-11H,4,7,12-14H2,1-2H3. The van der Waals surface area contributed by atoms with Gasteiger partial charge in [0.05, 0.1) is 21.7 Å². The lowest BCUT2D eigenvalue weighted by atomic mass is 10.1. The third-order valence-corrected chi connectivity index (χ3v) is 7.54. The van der Waals surface area contributed by atoms with E-state index in [1.54, 1.807) is 24.1 Å². The molecule has 0 saturated carbocycles. The molecule has 2 aromatic carbocycles. The summed E-state index contributed by atoms with van der Waals surface area (Å²) in [6, 6.07) is 13.8. The third-order valence-electron chi connectivity index (χ3n) is 4.71. The van der Waals surface area contributed by atoms with Crippen LogP contribution in [0.1, 0.15) is 24.0 Å². The van der Waals surface area contributed by atoms with Crippen molar-refractivity contribution in [2.45, 2.75) is 24.2 Å². The van der Waals surface area contributed by atoms with Crippen molar-refractivity contribution in [1.82, 2.24) is 9.21 Å². The predicted octanol–water partition coefficient (Wildman–Crippen LogP) is 3.97. The zero-order chi connectivity index (χ0) is 22.3. The number of carbonyl (C=O) groups is 1. The normalized spacial score (nSPS) is 11.3. The molecule has 30 heavy (non-hydrogen) atoms. The maximum atomic E-state index is 12.7. The molecule has 6 nitrogen and oxygen atoms in total. The van der Waals surface area contributed by atoms with E-state index < -0.39 is 10.0 Å². The number of carbonyl (C=O) groups excluding carboxylic acids is 1. The number of nitriles is 1. The van der Waals surface area contributed by atoms with Crippen molar-refractivity contribution < 1.29 is 13.2 Å². The van der Waals surface area contributed by atoms with Gasteiger partial charge < -0.3 is 4.90 Å². The van der Waals surface area contributed by atoms with Crippen LogP contribution >= 0.6 is 23.2 Å². The summed E-state index contributed by atoms with van der Waals surface area (Å²) in [6.07, 6.45) is 1.29. The van der Waals surface area contributed by atoms with E-state index in [4.69, 9.17) is 28.5 Å². The molecule has 0 heterocycles. The first-order valence-corrected chi connectivity index (χ1v) is 11.5. The van der Waals surface area contributed by atoms with Crippen LogP contribution < -0.4 is 0 Å². The van der Waals surface area contributed by atoms with Crippen molar-refractivity contribution in [3.05, 3.63) is 63.6 Å². The maximum Gasteiger partial charge on any atom is 0.244 e. The average molecular weight is 468 g/mol. The van der Waals surface area contributed by atoms with E-state index in [1.165, 1.54) is 29.6 Å². The lowest BCUT2D eigenvalue weighted by Crippen LogP contribution is -2.31. The second-order valence-corrected chi connectivity index (χ2v) is 9.65. The van der Waals surface area contributed by atoms with E-state index in [9.17, 15) is 13.2 Å². The Morgan fingerprint density at radius 2 is 1.73 bits per heavy atom. The number of rotatable bonds is 9. The molecule has 0 spiro atoms. The van der Waals surface area contributed by atoms with Gasteiger partial charge in [0, 0.05) is 33.6 Å². The van der Waals surface area contributed by atoms with Gasteiger partial charge in [0.2, 0.25) is 15.9 Å². The minimum Gasteiger partial charge on any atom is -0.345 e. The molecular formula is C21H23Cl2N3O3S. The van der Waals surface area contributed by atoms with Crippen LogP contribution in [0.15, 0.2) is 47.4 Å². The maximum absolute atomic E-state index is 12.7. The smallest absolute Gasteiger partial charge is 0.244 e. The zero-order valence-electron chi connectivity index (χ0n) is 16.8. The van der Waals surface area contributed by atoms with Crippen LogP contribution in [0.5, 0.6) is 0 Å². The van der Waals surface area contributed by atoms with E-state index >= 15 is 0 Å². The highest BCUT2D eigenvalue weighted by Gasteiger charge is 2.24. The van der Waals surface area contributed by atoms with Gasteiger partial charge >= 0.3 is 0 Å². The fourth-order valence-corrected chi connectivity index (χ4v) is 4.72. The van der Waals surface area contributed by atoms with Crippen molar-refractivity contribution in [2.75, 3.05) is 27.2 Å². The fraction of sp³-hybridized carbons (Fsp3) is 0.333. The Bertz CT molecular complexity index is 1030. The Kier molecular flexibility index (Phi) is 8.68. The number of likely N-dealkylation sites (N-methyl/N-ethyl adjacent to an activating group) is 1. The van der Waals surface area contributed by atoms with Gasteiger partial charge in [0.25, 0.3) is 0 Å². The average Bonchev–Trinajstić information content (AvgIpc) is 2.73. The van der Waals surface area contributed by atoms with E-state index in [1.807, 2.05) is 12.1 Å². The summed E-state index contributed by atoms with van der Waals surface area (Å²) in [5, 5.41) is 8.99. The quantitative estimate of drug-likeness (QED) is 0.558. The molecule has 0 aromatic heterocycles. The minimum absolute atomic E-state index is 0.00960. The molecule has 2 aromatic rings. The molecule has 0 bridgehead atoms. The predicted molar refractivity (Wildman–Crippen MR) is 118 cm³/mol. The van der Waals surface area contributed by atoms with Crippen LogP contribution in [-0.2, 0) is 21.2 Å². The van der Waals surface area contributed by atoms with Crippen LogP contribution in [0.4, 0.5) is 0 Å². The summed E-state index contributed by atoms with van der Waals surface area (Å²) in [6.45, 7) is 0.720. The number of amides is 1. The first-order valence-electron chi connectivity index (χ1n) is 9.30. The number of sulfonamides is 1. The molecular weight excluding hydrogens is 445 g/mol. The first-order chi connectivity index (χ1) is 14.2. The molecule has 160 valence electrons. The molecule has 0 saturated heterocycles. The number of hydrogen-bond donors (Lipinski definition) is 0. The Hall–Kier alpha value is -2.11. The van der Waals surface area contributed by atoms with Crippen LogP contribution in [0.2, 0.25) is 10.0 Å². The SMILES string of the molecule is CN(CCc1ccc(C#N)cc1)C(=O)CCCN(C)S(=O)(=O)c1cccc(Cl)c1Cl. The molecule has 0 unspecified atom stereocenters. The van der Waals surface area contributed by atoms with Gasteiger partial charge in [-0.15, -0.1) is 0 Å². The van der Waals surface area contributed by atoms with E-state index in [-0.39, 0.29) is 33.8 Å². The summed E-state index contributed by atoms with van der Waals surface area (Å²) < 4.78 is 26.5. The van der Waals surface area contributed by atoms with E-state index in [2.05, 4.69) is 6.07 Å². The largest absolute Gasteiger partial charge is 0.345 e. The zero-order valence-corrected chi connectivity index (χ0v) is 19.1. The van der Waals surface area contributed by atoms with Gasteiger partial charge in [-0.25, -0.2) is 12.7 Å². The van der Waals surface area contributed by atoms with Crippen molar-refractivity contribution in [2.24, 2.45) is 0 Å². The lowest BCUT2D eigenvalue weighted by molar-refractivity contribution is -0.130. The van der Waals surface area contributed by atoms with Crippen molar-refractivity contribution in [1.29, 1.82) is 5.26 Å². The van der Waals surface area contributed by atoms with Crippen LogP contribution in [0.25, 0.3) is 0 Å². The van der Waals surface area contributed by atoms with Gasteiger partial charge in [-0.2, -0.15) is 5.26 Å². The van der Waals surface area contributed by atoms with Gasteiger partial charge in [-0.3, -0.25) is 4.79 Å². The molecule has 1 amide bonds. The lowest BCUT2D eigenvalue weighted by Gasteiger charge is -2.20. The Labute approximate surface area is 187 Å². The van der Waals surface area contributed by atoms with Crippen molar-refractivity contribution in [3.63, 3.8) is 0 Å². The highest BCUT2D eigenvalue weighted by molar-refractivity contribution is 7.89. The van der Waals surface area contributed by atoms with Gasteiger partial charge in [0.15, 0.2) is 0 Å². The number of halogens is 2. The van der Waals surface area contributed by atoms with E-state index in [0.717, 1.165) is 5.56 Å². The summed E-state index contributed by atoms with van der Waals surface area (Å²) in [5.41, 5.74) is 1.64. The van der Waals surface area contributed by atoms with Crippen LogP contribution in [-0.4, -0.2) is 50.7 Å². The minimum atomic E-state index is -3.79. The summed E-state index contributed by atoms with van der Waals surface area (Å²) in [7, 11) is -0.623. The highest BCUT2D eigenvalue weighted by Crippen LogP contribution is 2.30. The Morgan fingerprint density at radius 1 is 1.07 bits per heavy atom. The fourth-order valence-electron chi connectivity index (χ4n) is 2.78. The summed E-state index contributed by atoms with van der Waals surface area (Å²) in [4.78, 5) is 13.9. The molecule has 0 aliphatic heterocycles. The summed E-state index contributed by atoms with van der Waals surface area (Å²) in [5.74, 6) is -0.0600. The van der Waals surface area contributed by atoms with E-state index in [0.29, 0.717) is 24.9 Å². The number of nitrogens with zero attached hydrogens (tertiary/aromatic N) is 3. The number of hydrogen-bond acceptors (Lipinski definition) is 4. The third kappa shape index (κ3) is 6.19. The van der Waals surface area contributed by atoms with Gasteiger partial charge in [-0.05, 0) is 42.7 Å². The molecule has 0 radical (unpaired) electrons. The Balaban J connectivity index is 1.83.